The lowest BCUT2D eigenvalue weighted by molar-refractivity contribution is -0.140. The third-order valence-corrected chi connectivity index (χ3v) is 10.0. The van der Waals surface area contributed by atoms with Crippen molar-refractivity contribution in [2.24, 2.45) is 0 Å². The summed E-state index contributed by atoms with van der Waals surface area (Å²) in [5.74, 6) is -0.623. The topological polar surface area (TPSA) is 86.8 Å². The number of hydrogen-bond acceptors (Lipinski definition) is 4. The van der Waals surface area contributed by atoms with Crippen LogP contribution in [0.5, 0.6) is 0 Å². The van der Waals surface area contributed by atoms with Gasteiger partial charge in [-0.05, 0) is 90.7 Å². The molecule has 41 heavy (non-hydrogen) atoms. The fourth-order valence-corrected chi connectivity index (χ4v) is 7.12. The standard InChI is InChI=1S/C32H38IN3O4S/c1-3-30(32(38)34-27-13-6-4-7-14-27)35(22-25-12-10-11-24(2)21-25)31(37)23-36(28-19-17-26(33)18-20-28)41(39,40)29-15-8-5-9-16-29/h5,8-12,15-21,27,30H,3-4,6-7,13-14,22-23H2,1-2H3,(H,34,38). The van der Waals surface area contributed by atoms with Crippen molar-refractivity contribution >= 4 is 50.1 Å². The minimum absolute atomic E-state index is 0.0960. The van der Waals surface area contributed by atoms with Crippen LogP contribution in [-0.4, -0.2) is 43.8 Å². The minimum atomic E-state index is -4.07. The minimum Gasteiger partial charge on any atom is -0.352 e. The molecule has 1 aliphatic rings. The van der Waals surface area contributed by atoms with Crippen LogP contribution in [0.15, 0.2) is 83.8 Å². The van der Waals surface area contributed by atoms with E-state index in [-0.39, 0.29) is 23.4 Å². The maximum absolute atomic E-state index is 14.2. The fraction of sp³-hybridized carbons (Fsp3) is 0.375. The van der Waals surface area contributed by atoms with Gasteiger partial charge in [-0.25, -0.2) is 8.42 Å². The summed E-state index contributed by atoms with van der Waals surface area (Å²) in [5, 5.41) is 3.18. The van der Waals surface area contributed by atoms with Gasteiger partial charge in [0, 0.05) is 16.2 Å². The Morgan fingerprint density at radius 2 is 1.63 bits per heavy atom. The number of nitrogens with zero attached hydrogens (tertiary/aromatic N) is 2. The van der Waals surface area contributed by atoms with Crippen molar-refractivity contribution < 1.29 is 18.0 Å². The molecular weight excluding hydrogens is 649 g/mol. The van der Waals surface area contributed by atoms with Gasteiger partial charge >= 0.3 is 0 Å². The van der Waals surface area contributed by atoms with Gasteiger partial charge in [-0.3, -0.25) is 13.9 Å². The molecule has 0 heterocycles. The molecule has 2 amide bonds. The highest BCUT2D eigenvalue weighted by molar-refractivity contribution is 14.1. The number of hydrogen-bond donors (Lipinski definition) is 1. The average Bonchev–Trinajstić information content (AvgIpc) is 2.97. The third kappa shape index (κ3) is 8.09. The molecule has 7 nitrogen and oxygen atoms in total. The van der Waals surface area contributed by atoms with Gasteiger partial charge in [0.05, 0.1) is 10.6 Å². The van der Waals surface area contributed by atoms with E-state index in [4.69, 9.17) is 0 Å². The molecule has 1 aliphatic carbocycles. The molecule has 0 aromatic heterocycles. The lowest BCUT2D eigenvalue weighted by atomic mass is 9.95. The molecule has 1 fully saturated rings. The van der Waals surface area contributed by atoms with E-state index in [9.17, 15) is 18.0 Å². The van der Waals surface area contributed by atoms with E-state index >= 15 is 0 Å². The monoisotopic (exact) mass is 687 g/mol. The first-order valence-electron chi connectivity index (χ1n) is 14.2. The molecule has 1 N–H and O–H groups in total. The highest BCUT2D eigenvalue weighted by atomic mass is 127. The maximum Gasteiger partial charge on any atom is 0.264 e. The fourth-order valence-electron chi connectivity index (χ4n) is 5.33. The highest BCUT2D eigenvalue weighted by Gasteiger charge is 2.34. The number of amides is 2. The predicted octanol–water partition coefficient (Wildman–Crippen LogP) is 6.05. The number of aryl methyl sites for hydroxylation is 1. The quantitative estimate of drug-likeness (QED) is 0.249. The van der Waals surface area contributed by atoms with Crippen molar-refractivity contribution in [3.8, 4) is 0 Å². The summed E-state index contributed by atoms with van der Waals surface area (Å²) in [4.78, 5) is 29.5. The largest absolute Gasteiger partial charge is 0.352 e. The number of benzene rings is 3. The van der Waals surface area contributed by atoms with Crippen LogP contribution in [0.4, 0.5) is 5.69 Å². The smallest absolute Gasteiger partial charge is 0.264 e. The molecule has 0 aliphatic heterocycles. The Hall–Kier alpha value is -2.92. The van der Waals surface area contributed by atoms with Crippen LogP contribution in [0.25, 0.3) is 0 Å². The SMILES string of the molecule is CCC(C(=O)NC1CCCCC1)N(Cc1cccc(C)c1)C(=O)CN(c1ccc(I)cc1)S(=O)(=O)c1ccccc1. The zero-order chi connectivity index (χ0) is 29.4. The molecule has 0 saturated heterocycles. The van der Waals surface area contributed by atoms with Crippen molar-refractivity contribution in [3.05, 3.63) is 93.6 Å². The predicted molar refractivity (Wildman–Crippen MR) is 171 cm³/mol. The van der Waals surface area contributed by atoms with Gasteiger partial charge in [-0.15, -0.1) is 0 Å². The Kier molecular flexibility index (Phi) is 10.8. The van der Waals surface area contributed by atoms with Gasteiger partial charge in [0.2, 0.25) is 11.8 Å². The van der Waals surface area contributed by atoms with E-state index in [1.54, 1.807) is 35.2 Å². The maximum atomic E-state index is 14.2. The first-order chi connectivity index (χ1) is 19.7. The Balaban J connectivity index is 1.69. The van der Waals surface area contributed by atoms with Crippen LogP contribution >= 0.6 is 22.6 Å². The zero-order valence-corrected chi connectivity index (χ0v) is 26.6. The average molecular weight is 688 g/mol. The van der Waals surface area contributed by atoms with Crippen molar-refractivity contribution in [1.29, 1.82) is 0 Å². The molecule has 3 aromatic rings. The summed E-state index contributed by atoms with van der Waals surface area (Å²) in [6.07, 6.45) is 5.61. The third-order valence-electron chi connectivity index (χ3n) is 7.50. The van der Waals surface area contributed by atoms with Crippen LogP contribution < -0.4 is 9.62 Å². The van der Waals surface area contributed by atoms with E-state index < -0.39 is 28.5 Å². The lowest BCUT2D eigenvalue weighted by Crippen LogP contribution is -2.54. The summed E-state index contributed by atoms with van der Waals surface area (Å²) in [5.41, 5.74) is 2.31. The second-order valence-corrected chi connectivity index (χ2v) is 13.7. The summed E-state index contributed by atoms with van der Waals surface area (Å²) < 4.78 is 29.9. The van der Waals surface area contributed by atoms with Crippen molar-refractivity contribution in [3.63, 3.8) is 0 Å². The molecule has 0 spiro atoms. The zero-order valence-electron chi connectivity index (χ0n) is 23.6. The molecule has 9 heteroatoms. The van der Waals surface area contributed by atoms with Gasteiger partial charge < -0.3 is 10.2 Å². The Morgan fingerprint density at radius 3 is 2.27 bits per heavy atom. The molecule has 0 bridgehead atoms. The molecule has 4 rings (SSSR count). The number of anilines is 1. The molecule has 3 aromatic carbocycles. The Morgan fingerprint density at radius 1 is 0.951 bits per heavy atom. The van der Waals surface area contributed by atoms with E-state index in [2.05, 4.69) is 27.9 Å². The number of carbonyl (C=O) groups excluding carboxylic acids is 2. The second kappa shape index (κ2) is 14.3. The van der Waals surface area contributed by atoms with Crippen LogP contribution in [0.1, 0.15) is 56.6 Å². The van der Waals surface area contributed by atoms with Gasteiger partial charge in [0.1, 0.15) is 12.6 Å². The highest BCUT2D eigenvalue weighted by Crippen LogP contribution is 2.26. The number of carbonyl (C=O) groups is 2. The molecule has 0 radical (unpaired) electrons. The van der Waals surface area contributed by atoms with Crippen LogP contribution in [0, 0.1) is 10.5 Å². The van der Waals surface area contributed by atoms with E-state index in [1.165, 1.54) is 18.6 Å². The van der Waals surface area contributed by atoms with E-state index in [0.717, 1.165) is 44.7 Å². The molecule has 218 valence electrons. The number of rotatable bonds is 11. The van der Waals surface area contributed by atoms with Gasteiger partial charge in [-0.2, -0.15) is 0 Å². The summed E-state index contributed by atoms with van der Waals surface area (Å²) in [6.45, 7) is 3.63. The Labute approximate surface area is 257 Å². The first-order valence-corrected chi connectivity index (χ1v) is 16.7. The van der Waals surface area contributed by atoms with Crippen LogP contribution in [-0.2, 0) is 26.2 Å². The van der Waals surface area contributed by atoms with Gasteiger partial charge in [0.15, 0.2) is 0 Å². The summed E-state index contributed by atoms with van der Waals surface area (Å²) >= 11 is 2.16. The van der Waals surface area contributed by atoms with Crippen molar-refractivity contribution in [2.45, 2.75) is 75.9 Å². The second-order valence-electron chi connectivity index (χ2n) is 10.6. The van der Waals surface area contributed by atoms with Crippen molar-refractivity contribution in [1.82, 2.24) is 10.2 Å². The van der Waals surface area contributed by atoms with Gasteiger partial charge in [0.25, 0.3) is 10.0 Å². The number of sulfonamides is 1. The van der Waals surface area contributed by atoms with Gasteiger partial charge in [-0.1, -0.05) is 74.2 Å². The molecule has 1 saturated carbocycles. The van der Waals surface area contributed by atoms with Crippen molar-refractivity contribution in [2.75, 3.05) is 10.8 Å². The number of nitrogens with one attached hydrogen (secondary N) is 1. The molecule has 1 unspecified atom stereocenters. The van der Waals surface area contributed by atoms with Crippen LogP contribution in [0.3, 0.4) is 0 Å². The Bertz CT molecular complexity index is 1420. The van der Waals surface area contributed by atoms with E-state index in [0.29, 0.717) is 12.1 Å². The van der Waals surface area contributed by atoms with Crippen LogP contribution in [0.2, 0.25) is 0 Å². The molecular formula is C32H38IN3O4S. The molecule has 1 atom stereocenters. The number of halogens is 1. The lowest BCUT2D eigenvalue weighted by Gasteiger charge is -2.34. The first kappa shape index (κ1) is 31.0. The summed E-state index contributed by atoms with van der Waals surface area (Å²) in [6, 6.07) is 22.3. The normalized spacial score (nSPS) is 14.7. The summed E-state index contributed by atoms with van der Waals surface area (Å²) in [7, 11) is -4.07. The van der Waals surface area contributed by atoms with E-state index in [1.807, 2.05) is 50.2 Å².